The van der Waals surface area contributed by atoms with Gasteiger partial charge in [0, 0.05) is 50.1 Å². The van der Waals surface area contributed by atoms with Crippen LogP contribution < -0.4 is 0 Å². The predicted molar refractivity (Wildman–Crippen MR) is 221 cm³/mol. The minimum Gasteiger partial charge on any atom is -0.316 e. The van der Waals surface area contributed by atoms with Crippen molar-refractivity contribution in [3.05, 3.63) is 194 Å². The zero-order valence-electron chi connectivity index (χ0n) is 28.8. The Morgan fingerprint density at radius 3 is 1.79 bits per heavy atom. The molecular weight excluding hydrogens is 645 g/mol. The van der Waals surface area contributed by atoms with Gasteiger partial charge >= 0.3 is 0 Å². The van der Waals surface area contributed by atoms with E-state index in [-0.39, 0.29) is 0 Å². The van der Waals surface area contributed by atoms with Crippen LogP contribution >= 0.6 is 0 Å². The van der Waals surface area contributed by atoms with Crippen molar-refractivity contribution >= 4 is 54.5 Å². The van der Waals surface area contributed by atoms with Crippen LogP contribution in [0, 0.1) is 0 Å². The van der Waals surface area contributed by atoms with Crippen molar-refractivity contribution in [3.8, 4) is 39.6 Å². The maximum Gasteiger partial charge on any atom is 0.138 e. The second-order valence-corrected chi connectivity index (χ2v) is 13.7. The van der Waals surface area contributed by atoms with Gasteiger partial charge in [-0.25, -0.2) is 4.98 Å². The Morgan fingerprint density at radius 1 is 0.377 bits per heavy atom. The van der Waals surface area contributed by atoms with Crippen LogP contribution in [0.15, 0.2) is 194 Å². The molecule has 0 aliphatic rings. The van der Waals surface area contributed by atoms with Gasteiger partial charge in [-0.15, -0.1) is 0 Å². The van der Waals surface area contributed by atoms with Gasteiger partial charge in [0.1, 0.15) is 5.82 Å². The number of para-hydroxylation sites is 3. The topological polar surface area (TPSA) is 27.7 Å². The largest absolute Gasteiger partial charge is 0.316 e. The smallest absolute Gasteiger partial charge is 0.138 e. The van der Waals surface area contributed by atoms with Crippen LogP contribution in [-0.2, 0) is 0 Å². The van der Waals surface area contributed by atoms with Gasteiger partial charge in [-0.2, -0.15) is 0 Å². The summed E-state index contributed by atoms with van der Waals surface area (Å²) in [7, 11) is 0. The summed E-state index contributed by atoms with van der Waals surface area (Å²) in [5.74, 6) is 0.881. The van der Waals surface area contributed by atoms with Gasteiger partial charge in [-0.3, -0.25) is 4.57 Å². The van der Waals surface area contributed by atoms with Crippen LogP contribution in [0.2, 0.25) is 0 Å². The van der Waals surface area contributed by atoms with Gasteiger partial charge in [0.15, 0.2) is 0 Å². The maximum atomic E-state index is 5.52. The summed E-state index contributed by atoms with van der Waals surface area (Å²) >= 11 is 0. The molecule has 4 heterocycles. The third-order valence-electron chi connectivity index (χ3n) is 10.6. The highest BCUT2D eigenvalue weighted by Crippen LogP contribution is 2.43. The lowest BCUT2D eigenvalue weighted by molar-refractivity contribution is 1.08. The molecule has 7 aromatic carbocycles. The summed E-state index contributed by atoms with van der Waals surface area (Å²) in [5.41, 5.74) is 12.3. The van der Waals surface area contributed by atoms with Crippen LogP contribution in [0.5, 0.6) is 0 Å². The van der Waals surface area contributed by atoms with Crippen molar-refractivity contribution in [2.75, 3.05) is 0 Å². The molecule has 0 N–H and O–H groups in total. The molecule has 0 radical (unpaired) electrons. The minimum atomic E-state index is 0.881. The second kappa shape index (κ2) is 11.7. The highest BCUT2D eigenvalue weighted by molar-refractivity contribution is 6.27. The van der Waals surface area contributed by atoms with Crippen LogP contribution in [-0.4, -0.2) is 18.7 Å². The molecule has 0 bridgehead atoms. The molecule has 0 fully saturated rings. The molecule has 0 atom stereocenters. The third-order valence-corrected chi connectivity index (χ3v) is 10.6. The monoisotopic (exact) mass is 676 g/mol. The first-order valence-electron chi connectivity index (χ1n) is 18.1. The molecule has 0 saturated carbocycles. The van der Waals surface area contributed by atoms with E-state index in [2.05, 4.69) is 208 Å². The van der Waals surface area contributed by atoms with Crippen molar-refractivity contribution in [1.29, 1.82) is 0 Å². The molecule has 53 heavy (non-hydrogen) atoms. The summed E-state index contributed by atoms with van der Waals surface area (Å²) < 4.78 is 7.11. The lowest BCUT2D eigenvalue weighted by atomic mass is 10.0. The molecule has 0 aliphatic heterocycles. The predicted octanol–water partition coefficient (Wildman–Crippen LogP) is 12.6. The number of hydrogen-bond donors (Lipinski definition) is 0. The standard InChI is InChI=1S/C49H32N4/c1-5-15-33(16-6-1)36-30-42(34-17-7-2-8-18-34)50-47(31-36)53-46-32-45-35(27-28-51(45)37-19-9-3-10-20-37)29-41(46)39-25-26-44-48(49(39)53)40-23-13-14-24-43(40)52(44)38-21-11-4-12-22-38/h1-32H. The first kappa shape index (κ1) is 29.5. The van der Waals surface area contributed by atoms with E-state index in [1.54, 1.807) is 0 Å². The highest BCUT2D eigenvalue weighted by atomic mass is 15.1. The molecule has 4 heteroatoms. The fourth-order valence-corrected chi connectivity index (χ4v) is 8.28. The Labute approximate surface area is 306 Å². The van der Waals surface area contributed by atoms with E-state index in [0.29, 0.717) is 0 Å². The van der Waals surface area contributed by atoms with Crippen molar-refractivity contribution in [2.45, 2.75) is 0 Å². The van der Waals surface area contributed by atoms with E-state index in [0.717, 1.165) is 61.6 Å². The lowest BCUT2D eigenvalue weighted by Crippen LogP contribution is -2.01. The van der Waals surface area contributed by atoms with E-state index >= 15 is 0 Å². The average Bonchev–Trinajstić information content (AvgIpc) is 3.91. The molecule has 4 aromatic heterocycles. The van der Waals surface area contributed by atoms with Gasteiger partial charge in [-0.05, 0) is 77.9 Å². The number of benzene rings is 7. The number of rotatable bonds is 5. The Hall–Kier alpha value is -7.17. The molecule has 11 aromatic rings. The zero-order valence-corrected chi connectivity index (χ0v) is 28.8. The van der Waals surface area contributed by atoms with Crippen LogP contribution in [0.3, 0.4) is 0 Å². The van der Waals surface area contributed by atoms with Gasteiger partial charge in [0.25, 0.3) is 0 Å². The third kappa shape index (κ3) is 4.59. The first-order chi connectivity index (χ1) is 26.3. The molecular formula is C49H32N4. The molecule has 11 rings (SSSR count). The Kier molecular flexibility index (Phi) is 6.52. The Morgan fingerprint density at radius 2 is 1.04 bits per heavy atom. The zero-order chi connectivity index (χ0) is 34.9. The molecule has 0 saturated heterocycles. The summed E-state index contributed by atoms with van der Waals surface area (Å²) in [5, 5.41) is 6.02. The van der Waals surface area contributed by atoms with Crippen molar-refractivity contribution < 1.29 is 0 Å². The van der Waals surface area contributed by atoms with Crippen molar-refractivity contribution in [2.24, 2.45) is 0 Å². The van der Waals surface area contributed by atoms with Crippen LogP contribution in [0.1, 0.15) is 0 Å². The van der Waals surface area contributed by atoms with Crippen LogP contribution in [0.25, 0.3) is 94.1 Å². The van der Waals surface area contributed by atoms with E-state index in [1.165, 1.54) is 32.4 Å². The summed E-state index contributed by atoms with van der Waals surface area (Å²) in [6, 6.07) is 67.3. The van der Waals surface area contributed by atoms with E-state index in [1.807, 2.05) is 0 Å². The fraction of sp³-hybridized carbons (Fsp3) is 0. The highest BCUT2D eigenvalue weighted by Gasteiger charge is 2.23. The van der Waals surface area contributed by atoms with E-state index in [9.17, 15) is 0 Å². The second-order valence-electron chi connectivity index (χ2n) is 13.7. The molecule has 0 unspecified atom stereocenters. The lowest BCUT2D eigenvalue weighted by Gasteiger charge is -2.14. The molecule has 248 valence electrons. The van der Waals surface area contributed by atoms with Crippen molar-refractivity contribution in [1.82, 2.24) is 18.7 Å². The van der Waals surface area contributed by atoms with Gasteiger partial charge in [-0.1, -0.05) is 121 Å². The summed E-state index contributed by atoms with van der Waals surface area (Å²) in [6.45, 7) is 0. The van der Waals surface area contributed by atoms with Gasteiger partial charge in [0.2, 0.25) is 0 Å². The van der Waals surface area contributed by atoms with Gasteiger partial charge < -0.3 is 9.13 Å². The molecule has 0 spiro atoms. The Balaban J connectivity index is 1.33. The average molecular weight is 677 g/mol. The van der Waals surface area contributed by atoms with Crippen LogP contribution in [0.4, 0.5) is 0 Å². The SMILES string of the molecule is c1ccc(-c2cc(-c3ccccc3)nc(-n3c4cc5c(ccn5-c5ccccc5)cc4c4ccc5c(c6ccccc6n5-c5ccccc5)c43)c2)cc1. The summed E-state index contributed by atoms with van der Waals surface area (Å²) in [4.78, 5) is 5.52. The van der Waals surface area contributed by atoms with E-state index in [4.69, 9.17) is 4.98 Å². The van der Waals surface area contributed by atoms with Gasteiger partial charge in [0.05, 0.1) is 33.3 Å². The number of fused-ring (bicyclic) bond motifs is 8. The number of aromatic nitrogens is 4. The first-order valence-corrected chi connectivity index (χ1v) is 18.1. The maximum absolute atomic E-state index is 5.52. The van der Waals surface area contributed by atoms with E-state index < -0.39 is 0 Å². The molecule has 4 nitrogen and oxygen atoms in total. The number of hydrogen-bond acceptors (Lipinski definition) is 1. The quantitative estimate of drug-likeness (QED) is 0.178. The van der Waals surface area contributed by atoms with Crippen molar-refractivity contribution in [3.63, 3.8) is 0 Å². The molecule has 0 aliphatic carbocycles. The normalized spacial score (nSPS) is 11.8. The molecule has 0 amide bonds. The number of nitrogens with zero attached hydrogens (tertiary/aromatic N) is 4. The Bertz CT molecular complexity index is 3080. The fourth-order valence-electron chi connectivity index (χ4n) is 8.28. The number of pyridine rings is 1. The minimum absolute atomic E-state index is 0.881. The summed E-state index contributed by atoms with van der Waals surface area (Å²) in [6.07, 6.45) is 2.18.